The Morgan fingerprint density at radius 2 is 2.22 bits per heavy atom. The summed E-state index contributed by atoms with van der Waals surface area (Å²) in [4.78, 5) is 18.4. The largest absolute Gasteiger partial charge is 0.490 e. The molecule has 0 radical (unpaired) electrons. The van der Waals surface area contributed by atoms with Crippen LogP contribution in [0.2, 0.25) is 0 Å². The fourth-order valence-electron chi connectivity index (χ4n) is 2.47. The maximum Gasteiger partial charge on any atom is 0.338 e. The lowest BCUT2D eigenvalue weighted by Crippen LogP contribution is -2.38. The summed E-state index contributed by atoms with van der Waals surface area (Å²) in [5, 5.41) is 0.444. The number of methoxy groups -OCH3 is 1. The number of nitrogens with zero attached hydrogens (tertiary/aromatic N) is 2. The molecule has 0 amide bonds. The Hall–Kier alpha value is -1.90. The predicted octanol–water partition coefficient (Wildman–Crippen LogP) is 1.38. The van der Waals surface area contributed by atoms with E-state index in [4.69, 9.17) is 19.9 Å². The normalized spacial score (nSPS) is 15.7. The summed E-state index contributed by atoms with van der Waals surface area (Å²) in [6.45, 7) is 4.63. The van der Waals surface area contributed by atoms with Crippen molar-refractivity contribution >= 4 is 32.7 Å². The third-order valence-electron chi connectivity index (χ3n) is 3.67. The van der Waals surface area contributed by atoms with Crippen LogP contribution in [0.4, 0.5) is 5.13 Å². The number of rotatable bonds is 5. The number of fused-ring (bicyclic) bond motifs is 1. The summed E-state index contributed by atoms with van der Waals surface area (Å²) in [5.74, 6) is 0.154. The lowest BCUT2D eigenvalue weighted by Gasteiger charge is -2.26. The first-order valence-corrected chi connectivity index (χ1v) is 8.20. The molecule has 2 aromatic rings. The number of nitrogens with two attached hydrogens (primary N) is 1. The number of carbonyl (C=O) groups is 1. The first-order chi connectivity index (χ1) is 11.2. The molecule has 3 rings (SSSR count). The maximum atomic E-state index is 11.8. The van der Waals surface area contributed by atoms with Crippen molar-refractivity contribution in [1.82, 2.24) is 9.88 Å². The van der Waals surface area contributed by atoms with E-state index in [2.05, 4.69) is 9.88 Å². The molecule has 8 heteroatoms. The second-order valence-electron chi connectivity index (χ2n) is 5.17. The molecule has 1 aliphatic rings. The number of esters is 1. The van der Waals surface area contributed by atoms with Gasteiger partial charge in [0.2, 0.25) is 0 Å². The highest BCUT2D eigenvalue weighted by atomic mass is 32.1. The molecule has 1 saturated heterocycles. The molecule has 0 bridgehead atoms. The van der Waals surface area contributed by atoms with Gasteiger partial charge in [0, 0.05) is 19.6 Å². The molecule has 0 unspecified atom stereocenters. The van der Waals surface area contributed by atoms with Gasteiger partial charge in [-0.15, -0.1) is 0 Å². The van der Waals surface area contributed by atoms with Crippen LogP contribution in [-0.2, 0) is 9.47 Å². The Morgan fingerprint density at radius 1 is 1.43 bits per heavy atom. The van der Waals surface area contributed by atoms with Crippen molar-refractivity contribution in [2.75, 3.05) is 52.3 Å². The number of aromatic nitrogens is 1. The highest BCUT2D eigenvalue weighted by Gasteiger charge is 2.16. The summed E-state index contributed by atoms with van der Waals surface area (Å²) in [7, 11) is 1.35. The van der Waals surface area contributed by atoms with Gasteiger partial charge in [-0.3, -0.25) is 4.90 Å². The zero-order valence-corrected chi connectivity index (χ0v) is 13.7. The molecule has 1 fully saturated rings. The minimum atomic E-state index is -0.406. The summed E-state index contributed by atoms with van der Waals surface area (Å²) in [6, 6.07) is 3.39. The number of carbonyl (C=O) groups excluding carboxylic acids is 1. The number of nitrogen functional groups attached to an aromatic ring is 1. The van der Waals surface area contributed by atoms with Crippen LogP contribution in [0.15, 0.2) is 12.1 Å². The Balaban J connectivity index is 1.76. The molecule has 1 aromatic carbocycles. The van der Waals surface area contributed by atoms with E-state index in [-0.39, 0.29) is 0 Å². The monoisotopic (exact) mass is 337 g/mol. The summed E-state index contributed by atoms with van der Waals surface area (Å²) in [6.07, 6.45) is 0. The van der Waals surface area contributed by atoms with Gasteiger partial charge in [-0.2, -0.15) is 0 Å². The Bertz CT molecular complexity index is 697. The number of hydrogen-bond acceptors (Lipinski definition) is 8. The molecule has 2 heterocycles. The second-order valence-corrected chi connectivity index (χ2v) is 6.23. The minimum Gasteiger partial charge on any atom is -0.490 e. The third-order valence-corrected chi connectivity index (χ3v) is 4.50. The molecule has 1 aliphatic heterocycles. The highest BCUT2D eigenvalue weighted by molar-refractivity contribution is 7.22. The minimum absolute atomic E-state index is 0.406. The average Bonchev–Trinajstić information content (AvgIpc) is 2.95. The van der Waals surface area contributed by atoms with Gasteiger partial charge in [0.25, 0.3) is 0 Å². The van der Waals surface area contributed by atoms with Crippen LogP contribution >= 0.6 is 11.3 Å². The van der Waals surface area contributed by atoms with Crippen molar-refractivity contribution in [3.8, 4) is 5.75 Å². The van der Waals surface area contributed by atoms with Crippen LogP contribution in [0.3, 0.4) is 0 Å². The van der Waals surface area contributed by atoms with Crippen molar-refractivity contribution in [3.63, 3.8) is 0 Å². The lowest BCUT2D eigenvalue weighted by atomic mass is 10.2. The van der Waals surface area contributed by atoms with Crippen LogP contribution in [0.1, 0.15) is 10.4 Å². The van der Waals surface area contributed by atoms with Gasteiger partial charge < -0.3 is 19.9 Å². The van der Waals surface area contributed by atoms with Crippen molar-refractivity contribution in [2.24, 2.45) is 0 Å². The zero-order valence-electron chi connectivity index (χ0n) is 12.9. The molecule has 7 nitrogen and oxygen atoms in total. The van der Waals surface area contributed by atoms with Gasteiger partial charge in [0.05, 0.1) is 30.6 Å². The quantitative estimate of drug-likeness (QED) is 0.825. The van der Waals surface area contributed by atoms with Crippen LogP contribution in [-0.4, -0.2) is 62.4 Å². The molecular formula is C15H19N3O4S. The van der Waals surface area contributed by atoms with E-state index >= 15 is 0 Å². The molecule has 0 atom stereocenters. The van der Waals surface area contributed by atoms with E-state index in [0.717, 1.165) is 37.5 Å². The standard InChI is InChI=1S/C15H19N3O4S/c1-20-14(19)10-8-11(13-12(9-10)23-15(16)17-13)22-7-4-18-2-5-21-6-3-18/h8-9H,2-7H2,1H3,(H2,16,17). The van der Waals surface area contributed by atoms with Crippen LogP contribution in [0.25, 0.3) is 10.2 Å². The molecule has 23 heavy (non-hydrogen) atoms. The number of ether oxygens (including phenoxy) is 3. The van der Waals surface area contributed by atoms with Gasteiger partial charge >= 0.3 is 5.97 Å². The van der Waals surface area contributed by atoms with Crippen molar-refractivity contribution < 1.29 is 19.0 Å². The molecule has 124 valence electrons. The van der Waals surface area contributed by atoms with Gasteiger partial charge in [-0.1, -0.05) is 11.3 Å². The molecule has 0 saturated carbocycles. The van der Waals surface area contributed by atoms with E-state index < -0.39 is 5.97 Å². The number of benzene rings is 1. The zero-order chi connectivity index (χ0) is 16.2. The Labute approximate surface area is 137 Å². The topological polar surface area (TPSA) is 86.9 Å². The molecular weight excluding hydrogens is 318 g/mol. The summed E-state index contributed by atoms with van der Waals surface area (Å²) >= 11 is 1.32. The SMILES string of the molecule is COC(=O)c1cc(OCCN2CCOCC2)c2nc(N)sc2c1. The third kappa shape index (κ3) is 3.72. The van der Waals surface area contributed by atoms with Gasteiger partial charge in [-0.25, -0.2) is 9.78 Å². The first kappa shape index (κ1) is 16.0. The van der Waals surface area contributed by atoms with Crippen molar-refractivity contribution in [1.29, 1.82) is 0 Å². The lowest BCUT2D eigenvalue weighted by molar-refractivity contribution is 0.0323. The van der Waals surface area contributed by atoms with Crippen molar-refractivity contribution in [3.05, 3.63) is 17.7 Å². The van der Waals surface area contributed by atoms with Gasteiger partial charge in [0.15, 0.2) is 5.13 Å². The second kappa shape index (κ2) is 7.12. The molecule has 0 spiro atoms. The van der Waals surface area contributed by atoms with Crippen LogP contribution < -0.4 is 10.5 Å². The average molecular weight is 337 g/mol. The van der Waals surface area contributed by atoms with Crippen LogP contribution in [0.5, 0.6) is 5.75 Å². The number of anilines is 1. The molecule has 0 aliphatic carbocycles. The molecule has 1 aromatic heterocycles. The van der Waals surface area contributed by atoms with Crippen LogP contribution in [0, 0.1) is 0 Å². The summed E-state index contributed by atoms with van der Waals surface area (Å²) in [5.41, 5.74) is 6.89. The first-order valence-electron chi connectivity index (χ1n) is 7.38. The van der Waals surface area contributed by atoms with E-state index in [0.29, 0.717) is 28.6 Å². The van der Waals surface area contributed by atoms with Gasteiger partial charge in [0.1, 0.15) is 17.9 Å². The fraction of sp³-hybridized carbons (Fsp3) is 0.467. The Morgan fingerprint density at radius 3 is 2.96 bits per heavy atom. The Kier molecular flexibility index (Phi) is 4.94. The number of morpholine rings is 1. The fourth-order valence-corrected chi connectivity index (χ4v) is 3.26. The van der Waals surface area contributed by atoms with E-state index in [1.54, 1.807) is 12.1 Å². The van der Waals surface area contributed by atoms with E-state index in [1.807, 2.05) is 0 Å². The predicted molar refractivity (Wildman–Crippen MR) is 88.1 cm³/mol. The van der Waals surface area contributed by atoms with Crippen molar-refractivity contribution in [2.45, 2.75) is 0 Å². The van der Waals surface area contributed by atoms with E-state index in [1.165, 1.54) is 18.4 Å². The molecule has 2 N–H and O–H groups in total. The number of thiazole rings is 1. The van der Waals surface area contributed by atoms with Gasteiger partial charge in [-0.05, 0) is 12.1 Å². The smallest absolute Gasteiger partial charge is 0.338 e. The van der Waals surface area contributed by atoms with E-state index in [9.17, 15) is 4.79 Å². The highest BCUT2D eigenvalue weighted by Crippen LogP contribution is 2.33. The number of hydrogen-bond donors (Lipinski definition) is 1. The maximum absolute atomic E-state index is 11.8. The summed E-state index contributed by atoms with van der Waals surface area (Å²) < 4.78 is 16.8.